The van der Waals surface area contributed by atoms with Gasteiger partial charge in [-0.2, -0.15) is 0 Å². The monoisotopic (exact) mass is 788 g/mol. The summed E-state index contributed by atoms with van der Waals surface area (Å²) < 4.78 is 5.35. The summed E-state index contributed by atoms with van der Waals surface area (Å²) in [5, 5.41) is 5.35. The second kappa shape index (κ2) is 13.1. The zero-order valence-corrected chi connectivity index (χ0v) is 33.9. The van der Waals surface area contributed by atoms with Gasteiger partial charge in [-0.05, 0) is 94.3 Å². The molecule has 0 saturated heterocycles. The normalized spacial score (nSPS) is 18.3. The van der Waals surface area contributed by atoms with Crippen molar-refractivity contribution in [2.45, 2.75) is 24.7 Å². The Kier molecular flexibility index (Phi) is 7.43. The van der Waals surface area contributed by atoms with Crippen molar-refractivity contribution in [3.63, 3.8) is 0 Å². The van der Waals surface area contributed by atoms with Crippen LogP contribution in [-0.4, -0.2) is 12.8 Å². The lowest BCUT2D eigenvalue weighted by Crippen LogP contribution is -2.59. The first-order valence-electron chi connectivity index (χ1n) is 20.8. The van der Waals surface area contributed by atoms with Crippen LogP contribution in [0.15, 0.2) is 205 Å². The molecule has 2 nitrogen and oxygen atoms in total. The van der Waals surface area contributed by atoms with E-state index in [1.807, 2.05) is 22.7 Å². The summed E-state index contributed by atoms with van der Waals surface area (Å²) in [6, 6.07) is 61.6. The Morgan fingerprint density at radius 3 is 1.92 bits per heavy atom. The Hall–Kier alpha value is -6.40. The van der Waals surface area contributed by atoms with E-state index >= 15 is 0 Å². The van der Waals surface area contributed by atoms with Crippen molar-refractivity contribution >= 4 is 97.8 Å². The topological polar surface area (TPSA) is 6.48 Å². The molecular weight excluding hydrogens is 752 g/mol. The number of thiophene rings is 2. The minimum absolute atomic E-state index is 0.128. The number of rotatable bonds is 4. The molecule has 7 aromatic carbocycles. The molecule has 2 atom stereocenters. The van der Waals surface area contributed by atoms with Gasteiger partial charge in [0.05, 0.1) is 6.04 Å². The first-order valence-corrected chi connectivity index (χ1v) is 22.4. The summed E-state index contributed by atoms with van der Waals surface area (Å²) in [5.41, 5.74) is 14.8. The average Bonchev–Trinajstić information content (AvgIpc) is 3.86. The Balaban J connectivity index is 1.11. The molecular formula is C54H37BN2S2. The lowest BCUT2D eigenvalue weighted by atomic mass is 9.26. The Morgan fingerprint density at radius 2 is 1.19 bits per heavy atom. The second-order valence-electron chi connectivity index (χ2n) is 16.2. The van der Waals surface area contributed by atoms with Crippen molar-refractivity contribution < 1.29 is 0 Å². The van der Waals surface area contributed by atoms with Gasteiger partial charge in [0, 0.05) is 68.8 Å². The maximum Gasteiger partial charge on any atom is 0.227 e. The minimum Gasteiger partial charge on any atom is -0.339 e. The van der Waals surface area contributed by atoms with Gasteiger partial charge in [0.2, 0.25) is 6.71 Å². The lowest BCUT2D eigenvalue weighted by molar-refractivity contribution is 0.695. The van der Waals surface area contributed by atoms with E-state index in [1.54, 1.807) is 0 Å². The Labute approximate surface area is 352 Å². The highest BCUT2D eigenvalue weighted by molar-refractivity contribution is 7.26. The van der Waals surface area contributed by atoms with Crippen molar-refractivity contribution in [1.82, 2.24) is 0 Å². The van der Waals surface area contributed by atoms with Gasteiger partial charge in [-0.3, -0.25) is 0 Å². The number of fused-ring (bicyclic) bond motifs is 10. The highest BCUT2D eigenvalue weighted by Crippen LogP contribution is 2.56. The summed E-state index contributed by atoms with van der Waals surface area (Å²) in [5.74, 6) is 0.164. The van der Waals surface area contributed by atoms with E-state index in [2.05, 4.69) is 198 Å². The van der Waals surface area contributed by atoms with E-state index in [9.17, 15) is 0 Å². The average molecular weight is 789 g/mol. The minimum atomic E-state index is 0.128. The van der Waals surface area contributed by atoms with Gasteiger partial charge in [-0.1, -0.05) is 146 Å². The van der Waals surface area contributed by atoms with Crippen LogP contribution in [0, 0.1) is 0 Å². The molecule has 4 aliphatic rings. The maximum atomic E-state index is 2.75. The van der Waals surface area contributed by atoms with Crippen molar-refractivity contribution in [2.24, 2.45) is 0 Å². The molecule has 278 valence electrons. The van der Waals surface area contributed by atoms with Gasteiger partial charge >= 0.3 is 0 Å². The van der Waals surface area contributed by atoms with Crippen LogP contribution in [0.2, 0.25) is 5.82 Å². The molecule has 0 saturated carbocycles. The fourth-order valence-electron chi connectivity index (χ4n) is 10.9. The molecule has 59 heavy (non-hydrogen) atoms. The van der Waals surface area contributed by atoms with E-state index in [1.165, 1.54) is 102 Å². The van der Waals surface area contributed by atoms with Gasteiger partial charge in [0.1, 0.15) is 0 Å². The van der Waals surface area contributed by atoms with Crippen LogP contribution >= 0.6 is 22.7 Å². The predicted octanol–water partition coefficient (Wildman–Crippen LogP) is 14.3. The number of hydrogen-bond donors (Lipinski definition) is 0. The van der Waals surface area contributed by atoms with Crippen LogP contribution in [0.4, 0.5) is 17.1 Å². The van der Waals surface area contributed by atoms with Crippen LogP contribution in [0.5, 0.6) is 0 Å². The van der Waals surface area contributed by atoms with Gasteiger partial charge in [-0.25, -0.2) is 0 Å². The lowest BCUT2D eigenvalue weighted by Gasteiger charge is -2.54. The fourth-order valence-corrected chi connectivity index (χ4v) is 13.1. The first-order chi connectivity index (χ1) is 29.3. The molecule has 9 aromatic rings. The maximum absolute atomic E-state index is 2.75. The fraction of sp³-hybridized carbons (Fsp3) is 0.0741. The smallest absolute Gasteiger partial charge is 0.227 e. The molecule has 0 bridgehead atoms. The molecule has 13 rings (SSSR count). The molecule has 0 spiro atoms. The quantitative estimate of drug-likeness (QED) is 0.164. The molecule has 2 unspecified atom stereocenters. The molecule has 0 N–H and O–H groups in total. The van der Waals surface area contributed by atoms with Crippen LogP contribution in [0.3, 0.4) is 0 Å². The van der Waals surface area contributed by atoms with E-state index in [0.29, 0.717) is 0 Å². The van der Waals surface area contributed by atoms with Crippen LogP contribution in [0.1, 0.15) is 18.4 Å². The third-order valence-corrected chi connectivity index (χ3v) is 15.5. The molecule has 0 fully saturated rings. The van der Waals surface area contributed by atoms with Gasteiger partial charge in [0.25, 0.3) is 0 Å². The van der Waals surface area contributed by atoms with Crippen LogP contribution < -0.4 is 15.3 Å². The van der Waals surface area contributed by atoms with Crippen molar-refractivity contribution in [1.29, 1.82) is 0 Å². The van der Waals surface area contributed by atoms with Gasteiger partial charge < -0.3 is 9.80 Å². The van der Waals surface area contributed by atoms with Gasteiger partial charge in [0.15, 0.2) is 0 Å². The number of allylic oxidation sites excluding steroid dienone is 5. The number of hydrogen-bond acceptors (Lipinski definition) is 4. The number of anilines is 3. The van der Waals surface area contributed by atoms with E-state index in [-0.39, 0.29) is 18.6 Å². The second-order valence-corrected chi connectivity index (χ2v) is 18.4. The highest BCUT2D eigenvalue weighted by atomic mass is 32.1. The highest BCUT2D eigenvalue weighted by Gasteiger charge is 2.53. The van der Waals surface area contributed by atoms with E-state index < -0.39 is 0 Å². The molecule has 0 amide bonds. The molecule has 4 heterocycles. The zero-order valence-electron chi connectivity index (χ0n) is 32.3. The van der Waals surface area contributed by atoms with Gasteiger partial charge in [-0.15, -0.1) is 22.7 Å². The third-order valence-electron chi connectivity index (χ3n) is 13.2. The number of benzene rings is 7. The SMILES string of the molecule is C1=CC2C(B3C4=C(CCC=C4N(c4ccc5c(c4)sc4ccccc45)c4cccc(-c5ccccc5)c43)N2c2ccc3c(c2)sc2ccccc23)C(c2ccccc2)=C1. The van der Waals surface area contributed by atoms with E-state index in [4.69, 9.17) is 0 Å². The molecule has 2 aliphatic carbocycles. The van der Waals surface area contributed by atoms with Crippen LogP contribution in [0.25, 0.3) is 57.0 Å². The number of nitrogens with zero attached hydrogens (tertiary/aromatic N) is 2. The Morgan fingerprint density at radius 1 is 0.559 bits per heavy atom. The van der Waals surface area contributed by atoms with Crippen LogP contribution in [-0.2, 0) is 0 Å². The molecule has 2 aromatic heterocycles. The standard InChI is InChI=1S/C54H37BN2S2/c1-3-14-34(15-4-1)38-20-11-22-44-52(38)55-53-39(35-16-5-2-6-17-35)21-12-23-45(53)57(37-29-31-43-41-19-8-10-27-49(41)59-51(43)33-37)47-25-13-24-46(54(47)55)56(44)36-28-30-42-40-18-7-9-26-48(40)58-50(42)32-36/h1-12,14-24,26-33,45,53H,13,25H2. The van der Waals surface area contributed by atoms with Crippen molar-refractivity contribution in [2.75, 3.05) is 9.80 Å². The first kappa shape index (κ1) is 33.6. The summed E-state index contributed by atoms with van der Waals surface area (Å²) in [4.78, 5) is 5.37. The summed E-state index contributed by atoms with van der Waals surface area (Å²) in [7, 11) is 0. The summed E-state index contributed by atoms with van der Waals surface area (Å²) in [6.07, 6.45) is 11.8. The molecule has 5 heteroatoms. The third kappa shape index (κ3) is 4.98. The summed E-state index contributed by atoms with van der Waals surface area (Å²) in [6.45, 7) is 0.137. The Bertz CT molecular complexity index is 3310. The summed E-state index contributed by atoms with van der Waals surface area (Å²) >= 11 is 3.81. The largest absolute Gasteiger partial charge is 0.339 e. The van der Waals surface area contributed by atoms with E-state index in [0.717, 1.165) is 12.8 Å². The zero-order chi connectivity index (χ0) is 38.6. The molecule has 2 aliphatic heterocycles. The van der Waals surface area contributed by atoms with Crippen molar-refractivity contribution in [3.05, 3.63) is 211 Å². The van der Waals surface area contributed by atoms with Crippen molar-refractivity contribution in [3.8, 4) is 11.1 Å². The predicted molar refractivity (Wildman–Crippen MR) is 256 cm³/mol. The molecule has 0 radical (unpaired) electrons.